The Labute approximate surface area is 200 Å². The van der Waals surface area contributed by atoms with Crippen LogP contribution in [0.1, 0.15) is 16.4 Å². The molecule has 0 aliphatic rings. The maximum atomic E-state index is 12.3. The Balaban J connectivity index is 1.53. The first-order chi connectivity index (χ1) is 16.9. The number of urea groups is 1. The predicted molar refractivity (Wildman–Crippen MR) is 126 cm³/mol. The summed E-state index contributed by atoms with van der Waals surface area (Å²) in [6.07, 6.45) is 2.79. The van der Waals surface area contributed by atoms with Gasteiger partial charge in [-0.3, -0.25) is 15.1 Å². The van der Waals surface area contributed by atoms with Gasteiger partial charge in [0.25, 0.3) is 5.91 Å². The van der Waals surface area contributed by atoms with Gasteiger partial charge < -0.3 is 28.7 Å². The molecular weight excluding hydrogens is 456 g/mol. The number of fused-ring (bicyclic) bond motifs is 1. The van der Waals surface area contributed by atoms with Crippen LogP contribution in [0.2, 0.25) is 0 Å². The number of nitrogens with zero attached hydrogens (tertiary/aromatic N) is 2. The summed E-state index contributed by atoms with van der Waals surface area (Å²) in [6, 6.07) is 9.34. The number of nitrogens with one attached hydrogen (secondary N) is 2. The van der Waals surface area contributed by atoms with Crippen molar-refractivity contribution in [3.63, 3.8) is 0 Å². The minimum Gasteiger partial charge on any atom is -0.494 e. The van der Waals surface area contributed by atoms with Crippen molar-refractivity contribution >= 4 is 28.5 Å². The van der Waals surface area contributed by atoms with E-state index in [1.54, 1.807) is 63.7 Å². The molecule has 11 heteroatoms. The maximum Gasteiger partial charge on any atom is 0.326 e. The number of aromatic nitrogens is 2. The van der Waals surface area contributed by atoms with Crippen molar-refractivity contribution in [2.45, 2.75) is 6.92 Å². The minimum atomic E-state index is -0.760. The van der Waals surface area contributed by atoms with Gasteiger partial charge in [-0.15, -0.1) is 0 Å². The van der Waals surface area contributed by atoms with Gasteiger partial charge in [-0.25, -0.2) is 9.78 Å². The summed E-state index contributed by atoms with van der Waals surface area (Å²) < 4.78 is 27.2. The van der Waals surface area contributed by atoms with Gasteiger partial charge in [0.05, 0.1) is 32.5 Å². The maximum absolute atomic E-state index is 12.3. The van der Waals surface area contributed by atoms with Crippen molar-refractivity contribution < 1.29 is 33.0 Å². The van der Waals surface area contributed by atoms with Crippen molar-refractivity contribution in [2.24, 2.45) is 0 Å². The first kappa shape index (κ1) is 23.4. The summed E-state index contributed by atoms with van der Waals surface area (Å²) in [6.45, 7) is 1.59. The highest BCUT2D eigenvalue weighted by atomic mass is 16.5. The third kappa shape index (κ3) is 5.08. The first-order valence-electron chi connectivity index (χ1n) is 10.3. The fourth-order valence-electron chi connectivity index (χ4n) is 3.29. The Morgan fingerprint density at radius 1 is 0.914 bits per heavy atom. The van der Waals surface area contributed by atoms with E-state index in [9.17, 15) is 9.59 Å². The van der Waals surface area contributed by atoms with E-state index in [1.165, 1.54) is 13.4 Å². The quantitative estimate of drug-likeness (QED) is 0.398. The van der Waals surface area contributed by atoms with E-state index in [2.05, 4.69) is 20.6 Å². The molecule has 0 spiro atoms. The highest BCUT2D eigenvalue weighted by Crippen LogP contribution is 2.38. The molecule has 0 bridgehead atoms. The second-order valence-corrected chi connectivity index (χ2v) is 7.16. The molecule has 0 saturated heterocycles. The Morgan fingerprint density at radius 3 is 2.34 bits per heavy atom. The summed E-state index contributed by atoms with van der Waals surface area (Å²) in [5, 5.41) is 5.46. The number of hydrogen-bond acceptors (Lipinski definition) is 9. The van der Waals surface area contributed by atoms with E-state index in [4.69, 9.17) is 23.4 Å². The Kier molecular flexibility index (Phi) is 6.67. The smallest absolute Gasteiger partial charge is 0.326 e. The number of anilines is 1. The zero-order valence-electron chi connectivity index (χ0n) is 19.4. The Hall–Kier alpha value is -4.80. The Bertz CT molecular complexity index is 1400. The topological polar surface area (TPSA) is 134 Å². The third-order valence-electron chi connectivity index (χ3n) is 4.93. The van der Waals surface area contributed by atoms with Gasteiger partial charge in [-0.2, -0.15) is 0 Å². The molecule has 4 rings (SSSR count). The van der Waals surface area contributed by atoms with E-state index in [0.29, 0.717) is 51.2 Å². The second kappa shape index (κ2) is 10.00. The summed E-state index contributed by atoms with van der Waals surface area (Å²) in [5.41, 5.74) is 0.980. The van der Waals surface area contributed by atoms with Crippen LogP contribution in [0.25, 0.3) is 10.9 Å². The molecule has 35 heavy (non-hydrogen) atoms. The number of imide groups is 1. The molecule has 180 valence electrons. The van der Waals surface area contributed by atoms with E-state index in [-0.39, 0.29) is 5.69 Å². The number of pyridine rings is 1. The van der Waals surface area contributed by atoms with Crippen molar-refractivity contribution in [1.82, 2.24) is 15.3 Å². The molecule has 0 aliphatic heterocycles. The van der Waals surface area contributed by atoms with Crippen LogP contribution in [0.3, 0.4) is 0 Å². The van der Waals surface area contributed by atoms with Gasteiger partial charge >= 0.3 is 6.03 Å². The molecule has 2 aromatic heterocycles. The van der Waals surface area contributed by atoms with Crippen LogP contribution >= 0.6 is 0 Å². The number of oxazole rings is 1. The fraction of sp³-hybridized carbons (Fsp3) is 0.167. The zero-order valence-corrected chi connectivity index (χ0v) is 19.4. The van der Waals surface area contributed by atoms with Gasteiger partial charge in [-0.1, -0.05) is 0 Å². The summed E-state index contributed by atoms with van der Waals surface area (Å²) in [7, 11) is 4.55. The number of benzene rings is 2. The molecule has 11 nitrogen and oxygen atoms in total. The highest BCUT2D eigenvalue weighted by molar-refractivity contribution is 6.07. The van der Waals surface area contributed by atoms with Crippen LogP contribution in [0.4, 0.5) is 10.5 Å². The predicted octanol–water partition coefficient (Wildman–Crippen LogP) is 4.31. The number of carbonyl (C=O) groups excluding carboxylic acids is 2. The van der Waals surface area contributed by atoms with Gasteiger partial charge in [0.15, 0.2) is 23.1 Å². The van der Waals surface area contributed by atoms with E-state index in [1.807, 2.05) is 0 Å². The zero-order chi connectivity index (χ0) is 24.9. The minimum absolute atomic E-state index is 0.00723. The van der Waals surface area contributed by atoms with Gasteiger partial charge in [0.1, 0.15) is 23.5 Å². The Morgan fingerprint density at radius 2 is 1.66 bits per heavy atom. The molecular formula is C24H22N4O7. The van der Waals surface area contributed by atoms with Crippen LogP contribution < -0.4 is 29.6 Å². The average Bonchev–Trinajstić information content (AvgIpc) is 3.30. The third-order valence-corrected chi connectivity index (χ3v) is 4.93. The number of ether oxygens (including phenoxy) is 4. The van der Waals surface area contributed by atoms with Crippen molar-refractivity contribution in [2.75, 3.05) is 26.6 Å². The lowest BCUT2D eigenvalue weighted by molar-refractivity contribution is 0.0962. The number of carbonyl (C=O) groups is 2. The number of aryl methyl sites for hydroxylation is 1. The highest BCUT2D eigenvalue weighted by Gasteiger charge is 2.17. The molecule has 0 fully saturated rings. The molecule has 2 aromatic carbocycles. The number of rotatable bonds is 7. The van der Waals surface area contributed by atoms with Gasteiger partial charge in [0, 0.05) is 30.6 Å². The molecule has 0 radical (unpaired) electrons. The standard InChI is InChI=1S/C24H22N4O7/c1-13-26-18(12-34-13)23(29)28-24(30)27-16-6-5-14(9-20(16)31-2)35-19-7-8-25-17-11-22(33-4)21(32-3)10-15(17)19/h5-12H,1-4H3,(H2,27,28,29,30). The second-order valence-electron chi connectivity index (χ2n) is 7.16. The van der Waals surface area contributed by atoms with Gasteiger partial charge in [-0.05, 0) is 24.3 Å². The van der Waals surface area contributed by atoms with Crippen LogP contribution in [0.5, 0.6) is 28.7 Å². The normalized spacial score (nSPS) is 10.5. The molecule has 0 aliphatic carbocycles. The molecule has 0 unspecified atom stereocenters. The molecule has 0 saturated carbocycles. The average molecular weight is 478 g/mol. The van der Waals surface area contributed by atoms with E-state index >= 15 is 0 Å². The largest absolute Gasteiger partial charge is 0.494 e. The van der Waals surface area contributed by atoms with E-state index in [0.717, 1.165) is 0 Å². The molecule has 4 aromatic rings. The van der Waals surface area contributed by atoms with Crippen LogP contribution in [0.15, 0.2) is 53.3 Å². The first-order valence-corrected chi connectivity index (χ1v) is 10.3. The number of hydrogen-bond donors (Lipinski definition) is 2. The summed E-state index contributed by atoms with van der Waals surface area (Å²) in [5.74, 6) is 2.00. The monoisotopic (exact) mass is 478 g/mol. The van der Waals surface area contributed by atoms with Crippen LogP contribution in [-0.4, -0.2) is 43.2 Å². The fourth-order valence-corrected chi connectivity index (χ4v) is 3.29. The molecule has 0 atom stereocenters. The molecule has 2 N–H and O–H groups in total. The van der Waals surface area contributed by atoms with Gasteiger partial charge in [0.2, 0.25) is 0 Å². The lowest BCUT2D eigenvalue weighted by atomic mass is 10.2. The summed E-state index contributed by atoms with van der Waals surface area (Å²) >= 11 is 0. The number of methoxy groups -OCH3 is 3. The molecule has 3 amide bonds. The SMILES string of the molecule is COc1cc(Oc2ccnc3cc(OC)c(OC)cc23)ccc1NC(=O)NC(=O)c1coc(C)n1. The van der Waals surface area contributed by atoms with Crippen LogP contribution in [-0.2, 0) is 0 Å². The van der Waals surface area contributed by atoms with E-state index < -0.39 is 11.9 Å². The molecule has 2 heterocycles. The van der Waals surface area contributed by atoms with Crippen molar-refractivity contribution in [3.8, 4) is 28.7 Å². The number of amides is 3. The van der Waals surface area contributed by atoms with Crippen molar-refractivity contribution in [1.29, 1.82) is 0 Å². The van der Waals surface area contributed by atoms with Crippen LogP contribution in [0, 0.1) is 6.92 Å². The van der Waals surface area contributed by atoms with Crippen molar-refractivity contribution in [3.05, 3.63) is 60.4 Å². The lowest BCUT2D eigenvalue weighted by Gasteiger charge is -2.14. The summed E-state index contributed by atoms with van der Waals surface area (Å²) in [4.78, 5) is 32.6. The lowest BCUT2D eigenvalue weighted by Crippen LogP contribution is -2.34.